The minimum Gasteiger partial charge on any atom is -0.304 e. The number of rotatable bonds is 7. The van der Waals surface area contributed by atoms with Crippen molar-refractivity contribution in [2.24, 2.45) is 0 Å². The first-order valence-corrected chi connectivity index (χ1v) is 6.72. The summed E-state index contributed by atoms with van der Waals surface area (Å²) in [4.78, 5) is 16.0. The molecule has 0 aromatic carbocycles. The van der Waals surface area contributed by atoms with Crippen LogP contribution >= 0.6 is 0 Å². The van der Waals surface area contributed by atoms with Crippen LogP contribution in [0.4, 0.5) is 0 Å². The molecule has 16 heavy (non-hydrogen) atoms. The van der Waals surface area contributed by atoms with Gasteiger partial charge in [-0.15, -0.1) is 0 Å². The Morgan fingerprint density at radius 2 is 1.75 bits per heavy atom. The molecule has 3 nitrogen and oxygen atoms in total. The molecule has 0 N–H and O–H groups in total. The number of hydrogen-bond donors (Lipinski definition) is 0. The van der Waals surface area contributed by atoms with Crippen molar-refractivity contribution in [3.05, 3.63) is 0 Å². The molecule has 1 fully saturated rings. The van der Waals surface area contributed by atoms with E-state index in [-0.39, 0.29) is 0 Å². The molecule has 0 aromatic heterocycles. The van der Waals surface area contributed by atoms with Gasteiger partial charge in [0.1, 0.15) is 5.78 Å². The molecule has 1 saturated heterocycles. The zero-order valence-electron chi connectivity index (χ0n) is 10.9. The maximum absolute atomic E-state index is 11.1. The van der Waals surface area contributed by atoms with Crippen molar-refractivity contribution in [2.75, 3.05) is 39.3 Å². The maximum atomic E-state index is 11.1. The van der Waals surface area contributed by atoms with E-state index in [1.54, 1.807) is 0 Å². The Bertz CT molecular complexity index is 192. The first-order chi connectivity index (χ1) is 7.76. The monoisotopic (exact) mass is 226 g/mol. The molecular weight excluding hydrogens is 200 g/mol. The molecule has 1 aliphatic rings. The van der Waals surface area contributed by atoms with Gasteiger partial charge < -0.3 is 9.80 Å². The third-order valence-corrected chi connectivity index (χ3v) is 3.51. The number of ketones is 1. The van der Waals surface area contributed by atoms with E-state index in [9.17, 15) is 4.79 Å². The van der Waals surface area contributed by atoms with Gasteiger partial charge in [0, 0.05) is 25.9 Å². The summed E-state index contributed by atoms with van der Waals surface area (Å²) < 4.78 is 0. The van der Waals surface area contributed by atoms with Crippen LogP contribution in [-0.2, 0) is 4.79 Å². The molecule has 1 aliphatic heterocycles. The van der Waals surface area contributed by atoms with E-state index in [0.717, 1.165) is 39.0 Å². The third kappa shape index (κ3) is 5.08. The summed E-state index contributed by atoms with van der Waals surface area (Å²) in [6.07, 6.45) is 4.10. The van der Waals surface area contributed by atoms with Crippen LogP contribution < -0.4 is 0 Å². The van der Waals surface area contributed by atoms with Gasteiger partial charge in [-0.3, -0.25) is 4.79 Å². The average molecular weight is 226 g/mol. The quantitative estimate of drug-likeness (QED) is 0.618. The Balaban J connectivity index is 2.00. The molecule has 3 heteroatoms. The molecule has 0 aliphatic carbocycles. The van der Waals surface area contributed by atoms with Crippen LogP contribution in [0.25, 0.3) is 0 Å². The molecule has 0 unspecified atom stereocenters. The summed E-state index contributed by atoms with van der Waals surface area (Å²) in [5.41, 5.74) is 0. The van der Waals surface area contributed by atoms with Gasteiger partial charge in [0.15, 0.2) is 0 Å². The second kappa shape index (κ2) is 7.80. The van der Waals surface area contributed by atoms with E-state index >= 15 is 0 Å². The predicted octanol–water partition coefficient (Wildman–Crippen LogP) is 1.77. The smallest absolute Gasteiger partial charge is 0.135 e. The number of likely N-dealkylation sites (tertiary alicyclic amines) is 1. The van der Waals surface area contributed by atoms with E-state index in [2.05, 4.69) is 23.6 Å². The van der Waals surface area contributed by atoms with Crippen LogP contribution in [0.3, 0.4) is 0 Å². The van der Waals surface area contributed by atoms with E-state index in [4.69, 9.17) is 0 Å². The summed E-state index contributed by atoms with van der Waals surface area (Å²) in [5.74, 6) is 0.444. The number of carbonyl (C=O) groups is 1. The van der Waals surface area contributed by atoms with Crippen LogP contribution in [0.1, 0.15) is 39.5 Å². The zero-order chi connectivity index (χ0) is 11.8. The highest BCUT2D eigenvalue weighted by molar-refractivity contribution is 5.79. The minimum absolute atomic E-state index is 0.444. The first-order valence-electron chi connectivity index (χ1n) is 6.72. The van der Waals surface area contributed by atoms with Crippen molar-refractivity contribution in [3.63, 3.8) is 0 Å². The number of hydrogen-bond acceptors (Lipinski definition) is 3. The average Bonchev–Trinajstić information content (AvgIpc) is 2.32. The Morgan fingerprint density at radius 1 is 1.12 bits per heavy atom. The van der Waals surface area contributed by atoms with E-state index in [1.165, 1.54) is 25.9 Å². The van der Waals surface area contributed by atoms with Crippen molar-refractivity contribution in [1.82, 2.24) is 9.80 Å². The minimum atomic E-state index is 0.444. The second-order valence-electron chi connectivity index (χ2n) is 4.61. The predicted molar refractivity (Wildman–Crippen MR) is 67.7 cm³/mol. The lowest BCUT2D eigenvalue weighted by Crippen LogP contribution is -2.34. The molecule has 0 saturated carbocycles. The van der Waals surface area contributed by atoms with E-state index in [0.29, 0.717) is 5.78 Å². The molecule has 0 aromatic rings. The van der Waals surface area contributed by atoms with Crippen LogP contribution in [-0.4, -0.2) is 54.9 Å². The highest BCUT2D eigenvalue weighted by Gasteiger charge is 2.15. The van der Waals surface area contributed by atoms with Crippen LogP contribution in [0.2, 0.25) is 0 Å². The van der Waals surface area contributed by atoms with Gasteiger partial charge in [-0.05, 0) is 39.0 Å². The lowest BCUT2D eigenvalue weighted by molar-refractivity contribution is -0.121. The number of unbranched alkanes of at least 4 members (excludes halogenated alkanes) is 1. The SMILES string of the molecule is CCN(CC)CCCCN1CCC(=O)CC1. The van der Waals surface area contributed by atoms with Gasteiger partial charge in [-0.2, -0.15) is 0 Å². The highest BCUT2D eigenvalue weighted by Crippen LogP contribution is 2.07. The summed E-state index contributed by atoms with van der Waals surface area (Å²) in [6, 6.07) is 0. The normalized spacial score (nSPS) is 18.3. The van der Waals surface area contributed by atoms with Gasteiger partial charge in [-0.25, -0.2) is 0 Å². The number of piperidine rings is 1. The standard InChI is InChI=1S/C13H26N2O/c1-3-14(4-2)9-5-6-10-15-11-7-13(16)8-12-15/h3-12H2,1-2H3. The summed E-state index contributed by atoms with van der Waals surface area (Å²) in [5, 5.41) is 0. The maximum Gasteiger partial charge on any atom is 0.135 e. The first kappa shape index (κ1) is 13.7. The second-order valence-corrected chi connectivity index (χ2v) is 4.61. The molecular formula is C13H26N2O. The summed E-state index contributed by atoms with van der Waals surface area (Å²) in [6.45, 7) is 11.1. The largest absolute Gasteiger partial charge is 0.304 e. The van der Waals surface area contributed by atoms with Crippen LogP contribution in [0.5, 0.6) is 0 Å². The van der Waals surface area contributed by atoms with Crippen molar-refractivity contribution < 1.29 is 4.79 Å². The van der Waals surface area contributed by atoms with Gasteiger partial charge in [-0.1, -0.05) is 13.8 Å². The number of Topliss-reactive ketones (excluding diaryl/α,β-unsaturated/α-hetero) is 1. The topological polar surface area (TPSA) is 23.6 Å². The Morgan fingerprint density at radius 3 is 2.31 bits per heavy atom. The van der Waals surface area contributed by atoms with Gasteiger partial charge >= 0.3 is 0 Å². The number of nitrogens with zero attached hydrogens (tertiary/aromatic N) is 2. The molecule has 94 valence electrons. The van der Waals surface area contributed by atoms with Crippen molar-refractivity contribution in [2.45, 2.75) is 39.5 Å². The third-order valence-electron chi connectivity index (χ3n) is 3.51. The summed E-state index contributed by atoms with van der Waals surface area (Å²) >= 11 is 0. The lowest BCUT2D eigenvalue weighted by atomic mass is 10.1. The molecule has 0 radical (unpaired) electrons. The lowest BCUT2D eigenvalue weighted by Gasteiger charge is -2.26. The van der Waals surface area contributed by atoms with E-state index in [1.807, 2.05) is 0 Å². The molecule has 1 rings (SSSR count). The summed E-state index contributed by atoms with van der Waals surface area (Å²) in [7, 11) is 0. The molecule has 0 bridgehead atoms. The van der Waals surface area contributed by atoms with Crippen LogP contribution in [0.15, 0.2) is 0 Å². The number of carbonyl (C=O) groups excluding carboxylic acids is 1. The molecule has 0 spiro atoms. The van der Waals surface area contributed by atoms with Crippen molar-refractivity contribution in [3.8, 4) is 0 Å². The fourth-order valence-corrected chi connectivity index (χ4v) is 2.24. The van der Waals surface area contributed by atoms with Gasteiger partial charge in [0.05, 0.1) is 0 Å². The molecule has 1 heterocycles. The molecule has 0 atom stereocenters. The molecule has 0 amide bonds. The van der Waals surface area contributed by atoms with Gasteiger partial charge in [0.25, 0.3) is 0 Å². The van der Waals surface area contributed by atoms with Crippen molar-refractivity contribution in [1.29, 1.82) is 0 Å². The van der Waals surface area contributed by atoms with E-state index < -0.39 is 0 Å². The Kier molecular flexibility index (Phi) is 6.65. The Labute approximate surface area is 99.8 Å². The zero-order valence-corrected chi connectivity index (χ0v) is 10.9. The van der Waals surface area contributed by atoms with Crippen molar-refractivity contribution >= 4 is 5.78 Å². The van der Waals surface area contributed by atoms with Gasteiger partial charge in [0.2, 0.25) is 0 Å². The highest BCUT2D eigenvalue weighted by atomic mass is 16.1. The Hall–Kier alpha value is -0.410. The fourth-order valence-electron chi connectivity index (χ4n) is 2.24. The fraction of sp³-hybridized carbons (Fsp3) is 0.923. The van der Waals surface area contributed by atoms with Crippen LogP contribution in [0, 0.1) is 0 Å².